The van der Waals surface area contributed by atoms with Crippen LogP contribution in [0.25, 0.3) is 0 Å². The summed E-state index contributed by atoms with van der Waals surface area (Å²) in [4.78, 5) is 0. The van der Waals surface area contributed by atoms with Crippen LogP contribution in [0.2, 0.25) is 0 Å². The number of halogens is 1. The lowest BCUT2D eigenvalue weighted by molar-refractivity contribution is 0.519. The van der Waals surface area contributed by atoms with Crippen LogP contribution in [0.5, 0.6) is 0 Å². The first-order valence-electron chi connectivity index (χ1n) is 9.03. The predicted molar refractivity (Wildman–Crippen MR) is 108 cm³/mol. The van der Waals surface area contributed by atoms with Crippen molar-refractivity contribution in [2.45, 2.75) is 37.0 Å². The van der Waals surface area contributed by atoms with Crippen molar-refractivity contribution in [3.05, 3.63) is 108 Å². The van der Waals surface area contributed by atoms with Gasteiger partial charge in [0.1, 0.15) is 0 Å². The van der Waals surface area contributed by atoms with Crippen LogP contribution in [0, 0.1) is 0 Å². The van der Waals surface area contributed by atoms with Crippen LogP contribution < -0.4 is 0 Å². The zero-order valence-corrected chi connectivity index (χ0v) is 15.4. The van der Waals surface area contributed by atoms with Gasteiger partial charge < -0.3 is 0 Å². The smallest absolute Gasteiger partial charge is 0.0591 e. The van der Waals surface area contributed by atoms with Gasteiger partial charge in [-0.3, -0.25) is 0 Å². The fourth-order valence-corrected chi connectivity index (χ4v) is 3.85. The third-order valence-electron chi connectivity index (χ3n) is 4.93. The van der Waals surface area contributed by atoms with Crippen LogP contribution in [0.1, 0.15) is 53.7 Å². The molecule has 0 spiro atoms. The summed E-state index contributed by atoms with van der Waals surface area (Å²) < 4.78 is 0. The summed E-state index contributed by atoms with van der Waals surface area (Å²) in [5.74, 6) is 0.949. The fraction of sp³-hybridized carbons (Fsp3) is 0.250. The average Bonchev–Trinajstić information content (AvgIpc) is 2.69. The Balaban J connectivity index is 1.78. The van der Waals surface area contributed by atoms with E-state index in [0.717, 1.165) is 12.8 Å². The third kappa shape index (κ3) is 4.96. The molecule has 128 valence electrons. The normalized spacial score (nSPS) is 14.6. The Morgan fingerprint density at radius 1 is 0.600 bits per heavy atom. The molecule has 0 heterocycles. The molecule has 3 aromatic rings. The van der Waals surface area contributed by atoms with E-state index < -0.39 is 0 Å². The highest BCUT2D eigenvalue weighted by Crippen LogP contribution is 2.38. The Hall–Kier alpha value is -2.05. The Labute approximate surface area is 156 Å². The molecular formula is C24H25Cl. The summed E-state index contributed by atoms with van der Waals surface area (Å²) >= 11 is 6.78. The van der Waals surface area contributed by atoms with Crippen molar-refractivity contribution >= 4 is 11.6 Å². The van der Waals surface area contributed by atoms with E-state index in [9.17, 15) is 0 Å². The molecule has 0 saturated carbocycles. The van der Waals surface area contributed by atoms with Gasteiger partial charge in [-0.05, 0) is 41.4 Å². The SMILES string of the molecule is CC(CC(CC(Cl)c1ccccc1)c1ccccc1)c1ccccc1. The van der Waals surface area contributed by atoms with Gasteiger partial charge in [0.25, 0.3) is 0 Å². The van der Waals surface area contributed by atoms with Gasteiger partial charge in [-0.25, -0.2) is 0 Å². The first-order valence-corrected chi connectivity index (χ1v) is 9.46. The first kappa shape index (κ1) is 17.8. The highest BCUT2D eigenvalue weighted by Gasteiger charge is 2.21. The molecule has 1 heteroatoms. The highest BCUT2D eigenvalue weighted by molar-refractivity contribution is 6.20. The maximum absolute atomic E-state index is 6.78. The lowest BCUT2D eigenvalue weighted by Crippen LogP contribution is -2.07. The van der Waals surface area contributed by atoms with E-state index in [1.54, 1.807) is 0 Å². The van der Waals surface area contributed by atoms with Crippen molar-refractivity contribution in [1.82, 2.24) is 0 Å². The number of rotatable bonds is 7. The zero-order valence-electron chi connectivity index (χ0n) is 14.7. The monoisotopic (exact) mass is 348 g/mol. The Morgan fingerprint density at radius 2 is 1.04 bits per heavy atom. The first-order chi connectivity index (χ1) is 12.2. The van der Waals surface area contributed by atoms with E-state index in [1.807, 2.05) is 6.07 Å². The quantitative estimate of drug-likeness (QED) is 0.392. The molecule has 0 N–H and O–H groups in total. The molecule has 0 nitrogen and oxygen atoms in total. The standard InChI is InChI=1S/C24H25Cl/c1-19(20-11-5-2-6-12-20)17-23(21-13-7-3-8-14-21)18-24(25)22-15-9-4-10-16-22/h2-16,19,23-24H,17-18H2,1H3. The largest absolute Gasteiger partial charge is 0.118 e. The maximum Gasteiger partial charge on any atom is 0.0591 e. The lowest BCUT2D eigenvalue weighted by atomic mass is 9.83. The lowest BCUT2D eigenvalue weighted by Gasteiger charge is -2.24. The van der Waals surface area contributed by atoms with Crippen molar-refractivity contribution in [3.8, 4) is 0 Å². The van der Waals surface area contributed by atoms with Crippen molar-refractivity contribution in [2.24, 2.45) is 0 Å². The van der Waals surface area contributed by atoms with Crippen molar-refractivity contribution < 1.29 is 0 Å². The van der Waals surface area contributed by atoms with E-state index >= 15 is 0 Å². The van der Waals surface area contributed by atoms with Gasteiger partial charge in [0.05, 0.1) is 5.38 Å². The van der Waals surface area contributed by atoms with Crippen LogP contribution in [-0.4, -0.2) is 0 Å². The second-order valence-electron chi connectivity index (χ2n) is 6.77. The minimum atomic E-state index is 0.0365. The van der Waals surface area contributed by atoms with Gasteiger partial charge in [-0.1, -0.05) is 97.9 Å². The zero-order chi connectivity index (χ0) is 17.5. The van der Waals surface area contributed by atoms with Crippen LogP contribution in [0.15, 0.2) is 91.0 Å². The highest BCUT2D eigenvalue weighted by atomic mass is 35.5. The molecule has 0 radical (unpaired) electrons. The van der Waals surface area contributed by atoms with E-state index in [1.165, 1.54) is 16.7 Å². The van der Waals surface area contributed by atoms with Crippen molar-refractivity contribution in [1.29, 1.82) is 0 Å². The number of hydrogen-bond acceptors (Lipinski definition) is 0. The third-order valence-corrected chi connectivity index (χ3v) is 5.36. The number of hydrogen-bond donors (Lipinski definition) is 0. The van der Waals surface area contributed by atoms with Crippen LogP contribution in [0.3, 0.4) is 0 Å². The molecule has 0 saturated heterocycles. The Kier molecular flexibility index (Phi) is 6.30. The Morgan fingerprint density at radius 3 is 1.56 bits per heavy atom. The molecule has 3 aromatic carbocycles. The molecule has 25 heavy (non-hydrogen) atoms. The summed E-state index contributed by atoms with van der Waals surface area (Å²) in [7, 11) is 0. The van der Waals surface area contributed by atoms with Crippen LogP contribution in [0.4, 0.5) is 0 Å². The molecule has 0 aliphatic carbocycles. The molecule has 3 rings (SSSR count). The molecule has 3 unspecified atom stereocenters. The van der Waals surface area contributed by atoms with Gasteiger partial charge in [-0.15, -0.1) is 11.6 Å². The van der Waals surface area contributed by atoms with E-state index in [-0.39, 0.29) is 5.38 Å². The summed E-state index contributed by atoms with van der Waals surface area (Å²) in [6.45, 7) is 2.32. The molecule has 0 aliphatic heterocycles. The van der Waals surface area contributed by atoms with E-state index in [2.05, 4.69) is 91.9 Å². The van der Waals surface area contributed by atoms with Gasteiger partial charge in [0.15, 0.2) is 0 Å². The topological polar surface area (TPSA) is 0 Å². The van der Waals surface area contributed by atoms with Gasteiger partial charge in [0, 0.05) is 0 Å². The van der Waals surface area contributed by atoms with Crippen LogP contribution in [-0.2, 0) is 0 Å². The summed E-state index contributed by atoms with van der Waals surface area (Å²) in [6.07, 6.45) is 2.05. The minimum absolute atomic E-state index is 0.0365. The molecule has 3 atom stereocenters. The second-order valence-corrected chi connectivity index (χ2v) is 7.30. The molecule has 0 bridgehead atoms. The van der Waals surface area contributed by atoms with E-state index in [4.69, 9.17) is 11.6 Å². The fourth-order valence-electron chi connectivity index (χ4n) is 3.49. The second kappa shape index (κ2) is 8.87. The minimum Gasteiger partial charge on any atom is -0.118 e. The molecule has 0 amide bonds. The summed E-state index contributed by atoms with van der Waals surface area (Å²) in [5.41, 5.74) is 3.98. The number of benzene rings is 3. The molecule has 0 fully saturated rings. The molecule has 0 aliphatic rings. The summed E-state index contributed by atoms with van der Waals surface area (Å²) in [5, 5.41) is 0.0365. The van der Waals surface area contributed by atoms with Crippen LogP contribution >= 0.6 is 11.6 Å². The summed E-state index contributed by atoms with van der Waals surface area (Å²) in [6, 6.07) is 32.0. The van der Waals surface area contributed by atoms with Crippen molar-refractivity contribution in [3.63, 3.8) is 0 Å². The van der Waals surface area contributed by atoms with Gasteiger partial charge >= 0.3 is 0 Å². The van der Waals surface area contributed by atoms with Crippen molar-refractivity contribution in [2.75, 3.05) is 0 Å². The number of alkyl halides is 1. The average molecular weight is 349 g/mol. The maximum atomic E-state index is 6.78. The van der Waals surface area contributed by atoms with E-state index in [0.29, 0.717) is 11.8 Å². The van der Waals surface area contributed by atoms with Gasteiger partial charge in [-0.2, -0.15) is 0 Å². The van der Waals surface area contributed by atoms with Gasteiger partial charge in [0.2, 0.25) is 0 Å². The predicted octanol–water partition coefficient (Wildman–Crippen LogP) is 7.33. The molecular weight excluding hydrogens is 324 g/mol. The molecule has 0 aromatic heterocycles. The Bertz CT molecular complexity index is 689.